The molecule has 1 heterocycles. The van der Waals surface area contributed by atoms with Crippen LogP contribution in [0.4, 0.5) is 5.69 Å². The smallest absolute Gasteiger partial charge is 0.255 e. The second-order valence-electron chi connectivity index (χ2n) is 8.73. The number of anilines is 1. The highest BCUT2D eigenvalue weighted by atomic mass is 32.2. The summed E-state index contributed by atoms with van der Waals surface area (Å²) in [5.74, 6) is -0.0912. The van der Waals surface area contributed by atoms with E-state index in [0.29, 0.717) is 11.6 Å². The van der Waals surface area contributed by atoms with Crippen molar-refractivity contribution in [3.63, 3.8) is 0 Å². The molecule has 172 valence electrons. The summed E-state index contributed by atoms with van der Waals surface area (Å²) in [5.41, 5.74) is 2.88. The Bertz CT molecular complexity index is 1240. The van der Waals surface area contributed by atoms with E-state index in [1.807, 2.05) is 42.5 Å². The maximum absolute atomic E-state index is 12.7. The monoisotopic (exact) mass is 467 g/mol. The molecule has 5 rings (SSSR count). The van der Waals surface area contributed by atoms with E-state index >= 15 is 0 Å². The number of benzene rings is 4. The maximum atomic E-state index is 12.7. The van der Waals surface area contributed by atoms with Crippen molar-refractivity contribution >= 4 is 34.3 Å². The van der Waals surface area contributed by atoms with Gasteiger partial charge in [-0.2, -0.15) is 0 Å². The number of amides is 1. The Morgan fingerprint density at radius 1 is 0.794 bits per heavy atom. The molecule has 4 aromatic carbocycles. The molecule has 0 aromatic heterocycles. The molecule has 1 amide bonds. The van der Waals surface area contributed by atoms with Crippen molar-refractivity contribution in [2.45, 2.75) is 30.3 Å². The number of likely N-dealkylation sites (tertiary alicyclic amines) is 1. The average Bonchev–Trinajstić information content (AvgIpc) is 2.90. The second-order valence-corrected chi connectivity index (χ2v) is 9.61. The summed E-state index contributed by atoms with van der Waals surface area (Å²) < 4.78 is 3.70. The maximum Gasteiger partial charge on any atom is 0.255 e. The molecule has 0 bridgehead atoms. The number of piperidine rings is 1. The van der Waals surface area contributed by atoms with Crippen molar-refractivity contribution in [3.8, 4) is 0 Å². The normalized spacial score (nSPS) is 14.8. The van der Waals surface area contributed by atoms with Crippen LogP contribution in [0, 0.1) is 0 Å². The third kappa shape index (κ3) is 5.50. The zero-order chi connectivity index (χ0) is 23.2. The van der Waals surface area contributed by atoms with E-state index in [2.05, 4.69) is 69.5 Å². The first kappa shape index (κ1) is 22.7. The van der Waals surface area contributed by atoms with Crippen molar-refractivity contribution in [3.05, 3.63) is 108 Å². The predicted octanol–water partition coefficient (Wildman–Crippen LogP) is 6.35. The summed E-state index contributed by atoms with van der Waals surface area (Å²) >= 11 is 1.70. The van der Waals surface area contributed by atoms with Gasteiger partial charge in [-0.3, -0.25) is 14.4 Å². The van der Waals surface area contributed by atoms with Gasteiger partial charge in [0.15, 0.2) is 0 Å². The Labute approximate surface area is 205 Å². The van der Waals surface area contributed by atoms with E-state index in [9.17, 15) is 4.79 Å². The van der Waals surface area contributed by atoms with Crippen LogP contribution in [0.1, 0.15) is 28.8 Å². The molecular formula is C29H29N3OS. The number of carbonyl (C=O) groups excluding carboxylic acids is 1. The van der Waals surface area contributed by atoms with Gasteiger partial charge in [0, 0.05) is 34.1 Å². The van der Waals surface area contributed by atoms with Crippen molar-refractivity contribution < 1.29 is 4.79 Å². The Balaban J connectivity index is 1.21. The third-order valence-electron chi connectivity index (χ3n) is 6.34. The Morgan fingerprint density at radius 3 is 2.18 bits per heavy atom. The van der Waals surface area contributed by atoms with Gasteiger partial charge in [0.25, 0.3) is 5.91 Å². The lowest BCUT2D eigenvalue weighted by Gasteiger charge is -2.32. The first-order valence-corrected chi connectivity index (χ1v) is 12.6. The number of carbonyl (C=O) groups is 1. The first-order valence-electron chi connectivity index (χ1n) is 11.8. The summed E-state index contributed by atoms with van der Waals surface area (Å²) in [6, 6.07) is 32.9. The molecule has 0 saturated carbocycles. The predicted molar refractivity (Wildman–Crippen MR) is 142 cm³/mol. The molecule has 4 nitrogen and oxygen atoms in total. The van der Waals surface area contributed by atoms with Crippen molar-refractivity contribution in [2.24, 2.45) is 0 Å². The van der Waals surface area contributed by atoms with Crippen LogP contribution in [-0.2, 0) is 6.54 Å². The summed E-state index contributed by atoms with van der Waals surface area (Å²) in [6.07, 6.45) is 2.28. The SMILES string of the molecule is O=C(Nc1ccc(SNC2CCN(Cc3ccccc3)CC2)c2ccccc12)c1ccccc1. The standard InChI is InChI=1S/C29H29N3OS/c33-29(23-11-5-2-6-12-23)30-27-15-16-28(26-14-8-7-13-25(26)27)34-31-24-17-19-32(20-18-24)21-22-9-3-1-4-10-22/h1-16,24,31H,17-21H2,(H,30,33). The molecule has 34 heavy (non-hydrogen) atoms. The molecule has 4 aromatic rings. The quantitative estimate of drug-likeness (QED) is 0.311. The zero-order valence-corrected chi connectivity index (χ0v) is 19.9. The van der Waals surface area contributed by atoms with Gasteiger partial charge in [0.05, 0.1) is 0 Å². The lowest BCUT2D eigenvalue weighted by atomic mass is 10.1. The van der Waals surface area contributed by atoms with Gasteiger partial charge in [-0.25, -0.2) is 0 Å². The minimum atomic E-state index is -0.0912. The van der Waals surface area contributed by atoms with Gasteiger partial charge in [-0.05, 0) is 73.1 Å². The number of hydrogen-bond donors (Lipinski definition) is 2. The van der Waals surface area contributed by atoms with Crippen molar-refractivity contribution in [1.29, 1.82) is 0 Å². The summed E-state index contributed by atoms with van der Waals surface area (Å²) in [4.78, 5) is 16.4. The van der Waals surface area contributed by atoms with Gasteiger partial charge in [-0.15, -0.1) is 0 Å². The van der Waals surface area contributed by atoms with Gasteiger partial charge >= 0.3 is 0 Å². The number of hydrogen-bond acceptors (Lipinski definition) is 4. The van der Waals surface area contributed by atoms with Gasteiger partial charge in [-0.1, -0.05) is 72.8 Å². The van der Waals surface area contributed by atoms with E-state index in [0.717, 1.165) is 48.9 Å². The van der Waals surface area contributed by atoms with Crippen LogP contribution in [-0.4, -0.2) is 29.9 Å². The lowest BCUT2D eigenvalue weighted by Crippen LogP contribution is -2.40. The van der Waals surface area contributed by atoms with E-state index in [1.165, 1.54) is 10.5 Å². The molecule has 2 N–H and O–H groups in total. The average molecular weight is 468 g/mol. The molecular weight excluding hydrogens is 438 g/mol. The van der Waals surface area contributed by atoms with Crippen molar-refractivity contribution in [1.82, 2.24) is 9.62 Å². The molecule has 0 spiro atoms. The number of nitrogens with one attached hydrogen (secondary N) is 2. The molecule has 1 aliphatic heterocycles. The van der Waals surface area contributed by atoms with Crippen LogP contribution in [0.15, 0.2) is 102 Å². The number of nitrogens with zero attached hydrogens (tertiary/aromatic N) is 1. The Hall–Kier alpha value is -3.12. The van der Waals surface area contributed by atoms with Gasteiger partial charge < -0.3 is 5.32 Å². The highest BCUT2D eigenvalue weighted by Crippen LogP contribution is 2.32. The van der Waals surface area contributed by atoms with Crippen LogP contribution in [0.2, 0.25) is 0 Å². The fourth-order valence-corrected chi connectivity index (χ4v) is 5.40. The largest absolute Gasteiger partial charge is 0.321 e. The van der Waals surface area contributed by atoms with Crippen LogP contribution in [0.3, 0.4) is 0 Å². The fourth-order valence-electron chi connectivity index (χ4n) is 4.45. The summed E-state index contributed by atoms with van der Waals surface area (Å²) in [6.45, 7) is 3.25. The van der Waals surface area contributed by atoms with Gasteiger partial charge in [0.1, 0.15) is 0 Å². The molecule has 1 saturated heterocycles. The molecule has 1 aliphatic rings. The topological polar surface area (TPSA) is 44.4 Å². The zero-order valence-electron chi connectivity index (χ0n) is 19.1. The third-order valence-corrected chi connectivity index (χ3v) is 7.37. The highest BCUT2D eigenvalue weighted by molar-refractivity contribution is 7.97. The summed E-state index contributed by atoms with van der Waals surface area (Å²) in [7, 11) is 0. The molecule has 1 fully saturated rings. The minimum absolute atomic E-state index is 0.0912. The number of rotatable bonds is 7. The number of fused-ring (bicyclic) bond motifs is 1. The molecule has 0 atom stereocenters. The molecule has 0 unspecified atom stereocenters. The first-order chi connectivity index (χ1) is 16.8. The molecule has 0 radical (unpaired) electrons. The van der Waals surface area contributed by atoms with E-state index in [1.54, 1.807) is 11.9 Å². The minimum Gasteiger partial charge on any atom is -0.321 e. The van der Waals surface area contributed by atoms with Crippen molar-refractivity contribution in [2.75, 3.05) is 18.4 Å². The lowest BCUT2D eigenvalue weighted by molar-refractivity contribution is 0.102. The van der Waals surface area contributed by atoms with Crippen LogP contribution in [0.25, 0.3) is 10.8 Å². The second kappa shape index (κ2) is 10.9. The van der Waals surface area contributed by atoms with E-state index in [4.69, 9.17) is 0 Å². The van der Waals surface area contributed by atoms with Crippen LogP contribution < -0.4 is 10.0 Å². The summed E-state index contributed by atoms with van der Waals surface area (Å²) in [5, 5.41) is 5.28. The Morgan fingerprint density at radius 2 is 1.44 bits per heavy atom. The van der Waals surface area contributed by atoms with E-state index < -0.39 is 0 Å². The van der Waals surface area contributed by atoms with Crippen LogP contribution in [0.5, 0.6) is 0 Å². The van der Waals surface area contributed by atoms with Gasteiger partial charge in [0.2, 0.25) is 0 Å². The van der Waals surface area contributed by atoms with E-state index in [-0.39, 0.29) is 5.91 Å². The van der Waals surface area contributed by atoms with Crippen LogP contribution >= 0.6 is 11.9 Å². The molecule has 5 heteroatoms. The molecule has 0 aliphatic carbocycles. The fraction of sp³-hybridized carbons (Fsp3) is 0.207. The highest BCUT2D eigenvalue weighted by Gasteiger charge is 2.20. The Kier molecular flexibility index (Phi) is 7.25.